The first-order valence-corrected chi connectivity index (χ1v) is 9.36. The number of ether oxygens (including phenoxy) is 1. The molecule has 164 valence electrons. The number of halogens is 4. The molecule has 0 fully saturated rings. The third-order valence-electron chi connectivity index (χ3n) is 4.57. The van der Waals surface area contributed by atoms with Gasteiger partial charge in [-0.15, -0.1) is 5.10 Å². The fourth-order valence-electron chi connectivity index (χ4n) is 3.01. The van der Waals surface area contributed by atoms with Gasteiger partial charge in [0.15, 0.2) is 0 Å². The molecule has 0 atom stereocenters. The maximum Gasteiger partial charge on any atom is 0.453 e. The average molecular weight is 456 g/mol. The van der Waals surface area contributed by atoms with Crippen LogP contribution in [-0.2, 0) is 22.1 Å². The number of esters is 1. The van der Waals surface area contributed by atoms with Crippen molar-refractivity contribution in [2.45, 2.75) is 32.9 Å². The minimum Gasteiger partial charge on any atom is -0.465 e. The summed E-state index contributed by atoms with van der Waals surface area (Å²) in [6, 6.07) is 4.31. The van der Waals surface area contributed by atoms with Gasteiger partial charge in [0.2, 0.25) is 5.91 Å². The maximum absolute atomic E-state index is 12.9. The van der Waals surface area contributed by atoms with Crippen LogP contribution in [0.25, 0.3) is 5.78 Å². The van der Waals surface area contributed by atoms with Crippen LogP contribution >= 0.6 is 11.6 Å². The fraction of sp³-hybridized carbons (Fsp3) is 0.316. The predicted octanol–water partition coefficient (Wildman–Crippen LogP) is 3.77. The van der Waals surface area contributed by atoms with E-state index in [2.05, 4.69) is 25.1 Å². The zero-order valence-corrected chi connectivity index (χ0v) is 17.4. The number of fused-ring (bicyclic) bond motifs is 1. The molecule has 8 nitrogen and oxygen atoms in total. The first-order valence-electron chi connectivity index (χ1n) is 8.99. The van der Waals surface area contributed by atoms with Crippen molar-refractivity contribution >= 4 is 34.9 Å². The van der Waals surface area contributed by atoms with Crippen LogP contribution in [0.3, 0.4) is 0 Å². The molecule has 2 heterocycles. The Kier molecular flexibility index (Phi) is 6.16. The third kappa shape index (κ3) is 4.76. The lowest BCUT2D eigenvalue weighted by Gasteiger charge is -2.11. The molecule has 1 aromatic carbocycles. The van der Waals surface area contributed by atoms with E-state index in [1.165, 1.54) is 25.3 Å². The lowest BCUT2D eigenvalue weighted by atomic mass is 10.1. The van der Waals surface area contributed by atoms with Crippen molar-refractivity contribution < 1.29 is 27.5 Å². The van der Waals surface area contributed by atoms with Crippen molar-refractivity contribution in [1.29, 1.82) is 0 Å². The molecule has 0 spiro atoms. The molecule has 0 aliphatic carbocycles. The molecule has 0 aliphatic rings. The van der Waals surface area contributed by atoms with Crippen LogP contribution < -0.4 is 5.32 Å². The number of methoxy groups -OCH3 is 1. The van der Waals surface area contributed by atoms with Gasteiger partial charge in [0, 0.05) is 17.8 Å². The van der Waals surface area contributed by atoms with Gasteiger partial charge in [-0.2, -0.15) is 18.2 Å². The Hall–Kier alpha value is -3.21. The van der Waals surface area contributed by atoms with Gasteiger partial charge in [0.25, 0.3) is 11.6 Å². The van der Waals surface area contributed by atoms with E-state index >= 15 is 0 Å². The van der Waals surface area contributed by atoms with E-state index < -0.39 is 23.9 Å². The first kappa shape index (κ1) is 22.5. The molecule has 3 rings (SSSR count). The van der Waals surface area contributed by atoms with Gasteiger partial charge >= 0.3 is 12.1 Å². The summed E-state index contributed by atoms with van der Waals surface area (Å²) in [6.07, 6.45) is -4.50. The quantitative estimate of drug-likeness (QED) is 0.588. The Balaban J connectivity index is 1.78. The van der Waals surface area contributed by atoms with Gasteiger partial charge in [-0.1, -0.05) is 11.6 Å². The molecule has 0 unspecified atom stereocenters. The van der Waals surface area contributed by atoms with Gasteiger partial charge < -0.3 is 10.1 Å². The lowest BCUT2D eigenvalue weighted by molar-refractivity contribution is -0.144. The monoisotopic (exact) mass is 455 g/mol. The van der Waals surface area contributed by atoms with E-state index in [1.54, 1.807) is 13.8 Å². The summed E-state index contributed by atoms with van der Waals surface area (Å²) in [6.45, 7) is 3.21. The highest BCUT2D eigenvalue weighted by atomic mass is 35.5. The molecule has 12 heteroatoms. The predicted molar refractivity (Wildman–Crippen MR) is 105 cm³/mol. The van der Waals surface area contributed by atoms with Gasteiger partial charge in [-0.3, -0.25) is 4.79 Å². The van der Waals surface area contributed by atoms with Crippen LogP contribution in [0.4, 0.5) is 18.9 Å². The SMILES string of the molecule is COC(=O)c1ccc(Cl)c(NC(=O)CCc2c(C)nc3nc(C(F)(F)F)nn3c2C)c1. The Morgan fingerprint density at radius 2 is 1.94 bits per heavy atom. The lowest BCUT2D eigenvalue weighted by Crippen LogP contribution is -2.15. The molecule has 0 bridgehead atoms. The normalized spacial score (nSPS) is 11.6. The van der Waals surface area contributed by atoms with Crippen molar-refractivity contribution in [1.82, 2.24) is 19.6 Å². The molecular formula is C19H17ClF3N5O3. The second kappa shape index (κ2) is 8.50. The van der Waals surface area contributed by atoms with Gasteiger partial charge in [0.05, 0.1) is 23.4 Å². The zero-order chi connectivity index (χ0) is 22.9. The topological polar surface area (TPSA) is 98.5 Å². The molecule has 2 aromatic heterocycles. The van der Waals surface area contributed by atoms with Crippen molar-refractivity contribution in [3.05, 3.63) is 51.6 Å². The number of alkyl halides is 3. The number of rotatable bonds is 5. The number of hydrogen-bond acceptors (Lipinski definition) is 6. The highest BCUT2D eigenvalue weighted by molar-refractivity contribution is 6.33. The average Bonchev–Trinajstić information content (AvgIpc) is 3.13. The van der Waals surface area contributed by atoms with E-state index in [0.717, 1.165) is 4.52 Å². The van der Waals surface area contributed by atoms with Crippen molar-refractivity contribution in [3.63, 3.8) is 0 Å². The Labute approximate surface area is 179 Å². The van der Waals surface area contributed by atoms with Crippen molar-refractivity contribution in [3.8, 4) is 0 Å². The number of nitrogens with zero attached hydrogens (tertiary/aromatic N) is 4. The largest absolute Gasteiger partial charge is 0.465 e. The molecule has 0 saturated heterocycles. The minimum atomic E-state index is -4.69. The highest BCUT2D eigenvalue weighted by Crippen LogP contribution is 2.27. The summed E-state index contributed by atoms with van der Waals surface area (Å²) in [5.74, 6) is -2.43. The summed E-state index contributed by atoms with van der Waals surface area (Å²) in [4.78, 5) is 31.6. The third-order valence-corrected chi connectivity index (χ3v) is 4.90. The van der Waals surface area contributed by atoms with E-state index in [9.17, 15) is 22.8 Å². The number of carbonyl (C=O) groups is 2. The summed E-state index contributed by atoms with van der Waals surface area (Å²) in [5, 5.41) is 6.33. The smallest absolute Gasteiger partial charge is 0.453 e. The summed E-state index contributed by atoms with van der Waals surface area (Å²) >= 11 is 6.07. The van der Waals surface area contributed by atoms with Crippen molar-refractivity contribution in [2.24, 2.45) is 0 Å². The van der Waals surface area contributed by atoms with Gasteiger partial charge in [-0.05, 0) is 44.0 Å². The van der Waals surface area contributed by atoms with Gasteiger partial charge in [-0.25, -0.2) is 14.3 Å². The fourth-order valence-corrected chi connectivity index (χ4v) is 3.17. The second-order valence-electron chi connectivity index (χ2n) is 6.64. The Morgan fingerprint density at radius 1 is 1.23 bits per heavy atom. The number of benzene rings is 1. The Bertz CT molecular complexity index is 1180. The highest BCUT2D eigenvalue weighted by Gasteiger charge is 2.37. The molecule has 0 aliphatic heterocycles. The molecule has 0 radical (unpaired) electrons. The number of aryl methyl sites for hydroxylation is 2. The van der Waals surface area contributed by atoms with E-state index in [1.807, 2.05) is 0 Å². The molecule has 3 aromatic rings. The second-order valence-corrected chi connectivity index (χ2v) is 7.05. The molecular weight excluding hydrogens is 439 g/mol. The number of carbonyl (C=O) groups excluding carboxylic acids is 2. The van der Waals surface area contributed by atoms with Crippen LogP contribution in [0.2, 0.25) is 5.02 Å². The standard InChI is InChI=1S/C19H17ClF3N5O3/c1-9-12(10(2)28-18(24-9)26-17(27-28)19(21,22)23)5-7-15(29)25-14-8-11(16(30)31-3)4-6-13(14)20/h4,6,8H,5,7H2,1-3H3,(H,25,29). The number of nitrogens with one attached hydrogen (secondary N) is 1. The molecule has 1 amide bonds. The van der Waals surface area contributed by atoms with Crippen LogP contribution in [0.15, 0.2) is 18.2 Å². The van der Waals surface area contributed by atoms with E-state index in [4.69, 9.17) is 11.6 Å². The summed E-state index contributed by atoms with van der Waals surface area (Å²) < 4.78 is 44.3. The number of anilines is 1. The molecule has 0 saturated carbocycles. The Morgan fingerprint density at radius 3 is 2.58 bits per heavy atom. The summed E-state index contributed by atoms with van der Waals surface area (Å²) in [5.41, 5.74) is 1.89. The number of amides is 1. The first-order chi connectivity index (χ1) is 14.5. The summed E-state index contributed by atoms with van der Waals surface area (Å²) in [7, 11) is 1.23. The zero-order valence-electron chi connectivity index (χ0n) is 16.7. The molecule has 31 heavy (non-hydrogen) atoms. The van der Waals surface area contributed by atoms with Crippen LogP contribution in [-0.4, -0.2) is 38.6 Å². The number of aromatic nitrogens is 4. The van der Waals surface area contributed by atoms with E-state index in [-0.39, 0.29) is 34.9 Å². The van der Waals surface area contributed by atoms with Crippen LogP contribution in [0, 0.1) is 13.8 Å². The minimum absolute atomic E-state index is 0.00548. The van der Waals surface area contributed by atoms with Crippen LogP contribution in [0.1, 0.15) is 39.6 Å². The van der Waals surface area contributed by atoms with Crippen LogP contribution in [0.5, 0.6) is 0 Å². The maximum atomic E-state index is 12.9. The van der Waals surface area contributed by atoms with Gasteiger partial charge in [0.1, 0.15) is 0 Å². The molecule has 1 N–H and O–H groups in total. The number of hydrogen-bond donors (Lipinski definition) is 1. The van der Waals surface area contributed by atoms with Crippen molar-refractivity contribution in [2.75, 3.05) is 12.4 Å². The van der Waals surface area contributed by atoms with E-state index in [0.29, 0.717) is 17.0 Å².